The average Bonchev–Trinajstić information content (AvgIpc) is 2.72. The first-order valence-electron chi connectivity index (χ1n) is 9.06. The standard InChI is InChI=1S/C20H23FN2O4S/c1-27-18-4-2-3-16(15-18)5-10-20(24)22-11-13-23(14-12-22)28(25,26)19-8-6-17(21)7-9-19/h2-4,6-9,15H,5,10-14H2,1H3. The Hall–Kier alpha value is -2.45. The van der Waals surface area contributed by atoms with Crippen LogP contribution in [0.2, 0.25) is 0 Å². The fourth-order valence-corrected chi connectivity index (χ4v) is 4.59. The van der Waals surface area contributed by atoms with Crippen LogP contribution in [-0.4, -0.2) is 56.8 Å². The summed E-state index contributed by atoms with van der Waals surface area (Å²) in [4.78, 5) is 14.2. The molecule has 1 fully saturated rings. The molecule has 2 aromatic rings. The Balaban J connectivity index is 1.54. The van der Waals surface area contributed by atoms with E-state index in [1.165, 1.54) is 16.4 Å². The first-order chi connectivity index (χ1) is 13.4. The van der Waals surface area contributed by atoms with Crippen molar-refractivity contribution in [2.75, 3.05) is 33.3 Å². The lowest BCUT2D eigenvalue weighted by Gasteiger charge is -2.34. The molecule has 0 aliphatic carbocycles. The van der Waals surface area contributed by atoms with Crippen LogP contribution in [0.4, 0.5) is 4.39 Å². The number of amides is 1. The molecule has 0 saturated carbocycles. The molecule has 0 N–H and O–H groups in total. The number of halogens is 1. The predicted octanol–water partition coefficient (Wildman–Crippen LogP) is 2.30. The number of carbonyl (C=O) groups is 1. The Labute approximate surface area is 164 Å². The smallest absolute Gasteiger partial charge is 0.243 e. The minimum atomic E-state index is -3.68. The number of hydrogen-bond acceptors (Lipinski definition) is 4. The van der Waals surface area contributed by atoms with E-state index in [0.29, 0.717) is 25.9 Å². The number of hydrogen-bond donors (Lipinski definition) is 0. The Morgan fingerprint density at radius 1 is 1.07 bits per heavy atom. The number of rotatable bonds is 6. The summed E-state index contributed by atoms with van der Waals surface area (Å²) < 4.78 is 44.8. The first kappa shape index (κ1) is 20.3. The molecular formula is C20H23FN2O4S. The van der Waals surface area contributed by atoms with Gasteiger partial charge in [0, 0.05) is 32.6 Å². The number of sulfonamides is 1. The number of aryl methyl sites for hydroxylation is 1. The summed E-state index contributed by atoms with van der Waals surface area (Å²) >= 11 is 0. The maximum atomic E-state index is 13.0. The lowest BCUT2D eigenvalue weighted by atomic mass is 10.1. The Kier molecular flexibility index (Phi) is 6.31. The van der Waals surface area contributed by atoms with Gasteiger partial charge in [0.2, 0.25) is 15.9 Å². The van der Waals surface area contributed by atoms with E-state index < -0.39 is 15.8 Å². The predicted molar refractivity (Wildman–Crippen MR) is 103 cm³/mol. The van der Waals surface area contributed by atoms with Gasteiger partial charge in [-0.2, -0.15) is 4.31 Å². The molecule has 1 aliphatic heterocycles. The molecule has 0 radical (unpaired) electrons. The fraction of sp³-hybridized carbons (Fsp3) is 0.350. The van der Waals surface area contributed by atoms with Gasteiger partial charge in [0.15, 0.2) is 0 Å². The van der Waals surface area contributed by atoms with Crippen LogP contribution in [0.1, 0.15) is 12.0 Å². The van der Waals surface area contributed by atoms with Crippen LogP contribution >= 0.6 is 0 Å². The maximum absolute atomic E-state index is 13.0. The zero-order valence-corrected chi connectivity index (χ0v) is 16.5. The molecule has 1 amide bonds. The summed E-state index contributed by atoms with van der Waals surface area (Å²) in [6.45, 7) is 1.14. The van der Waals surface area contributed by atoms with Crippen molar-refractivity contribution in [1.82, 2.24) is 9.21 Å². The molecule has 8 heteroatoms. The van der Waals surface area contributed by atoms with Crippen molar-refractivity contribution in [3.8, 4) is 5.75 Å². The summed E-state index contributed by atoms with van der Waals surface area (Å²) in [5, 5.41) is 0. The molecule has 0 bridgehead atoms. The van der Waals surface area contributed by atoms with Crippen molar-refractivity contribution in [1.29, 1.82) is 0 Å². The van der Waals surface area contributed by atoms with E-state index >= 15 is 0 Å². The molecule has 0 aromatic heterocycles. The highest BCUT2D eigenvalue weighted by Crippen LogP contribution is 2.19. The molecular weight excluding hydrogens is 383 g/mol. The lowest BCUT2D eigenvalue weighted by Crippen LogP contribution is -2.50. The summed E-state index contributed by atoms with van der Waals surface area (Å²) in [6, 6.07) is 12.4. The van der Waals surface area contributed by atoms with Crippen LogP contribution < -0.4 is 4.74 Å². The number of methoxy groups -OCH3 is 1. The Bertz CT molecular complexity index is 923. The SMILES string of the molecule is COc1cccc(CCC(=O)N2CCN(S(=O)(=O)c3ccc(F)cc3)CC2)c1. The summed E-state index contributed by atoms with van der Waals surface area (Å²) in [5.41, 5.74) is 1.02. The van der Waals surface area contributed by atoms with Gasteiger partial charge in [0.25, 0.3) is 0 Å². The van der Waals surface area contributed by atoms with Gasteiger partial charge in [-0.3, -0.25) is 4.79 Å². The number of ether oxygens (including phenoxy) is 1. The number of carbonyl (C=O) groups excluding carboxylic acids is 1. The second kappa shape index (κ2) is 8.70. The highest BCUT2D eigenvalue weighted by molar-refractivity contribution is 7.89. The van der Waals surface area contributed by atoms with E-state index in [1.54, 1.807) is 12.0 Å². The van der Waals surface area contributed by atoms with E-state index in [-0.39, 0.29) is 23.9 Å². The topological polar surface area (TPSA) is 66.9 Å². The minimum Gasteiger partial charge on any atom is -0.497 e. The fourth-order valence-electron chi connectivity index (χ4n) is 3.17. The average molecular weight is 406 g/mol. The molecule has 2 aromatic carbocycles. The van der Waals surface area contributed by atoms with Crippen LogP contribution in [0, 0.1) is 5.82 Å². The van der Waals surface area contributed by atoms with Crippen molar-refractivity contribution in [2.45, 2.75) is 17.7 Å². The molecule has 0 spiro atoms. The number of benzene rings is 2. The van der Waals surface area contributed by atoms with Gasteiger partial charge >= 0.3 is 0 Å². The van der Waals surface area contributed by atoms with Gasteiger partial charge < -0.3 is 9.64 Å². The third-order valence-corrected chi connectivity index (χ3v) is 6.72. The lowest BCUT2D eigenvalue weighted by molar-refractivity contribution is -0.132. The van der Waals surface area contributed by atoms with Gasteiger partial charge in [-0.1, -0.05) is 12.1 Å². The molecule has 0 atom stereocenters. The largest absolute Gasteiger partial charge is 0.497 e. The minimum absolute atomic E-state index is 0.00153. The van der Waals surface area contributed by atoms with Gasteiger partial charge in [0.05, 0.1) is 12.0 Å². The van der Waals surface area contributed by atoms with Crippen LogP contribution in [0.5, 0.6) is 5.75 Å². The molecule has 3 rings (SSSR count). The quantitative estimate of drug-likeness (QED) is 0.738. The normalized spacial score (nSPS) is 15.4. The van der Waals surface area contributed by atoms with E-state index in [9.17, 15) is 17.6 Å². The van der Waals surface area contributed by atoms with Crippen molar-refractivity contribution in [3.63, 3.8) is 0 Å². The monoisotopic (exact) mass is 406 g/mol. The van der Waals surface area contributed by atoms with Crippen LogP contribution in [0.3, 0.4) is 0 Å². The third-order valence-electron chi connectivity index (χ3n) is 4.80. The molecule has 1 aliphatic rings. The van der Waals surface area contributed by atoms with Gasteiger partial charge in [-0.05, 0) is 48.4 Å². The van der Waals surface area contributed by atoms with Crippen molar-refractivity contribution >= 4 is 15.9 Å². The maximum Gasteiger partial charge on any atom is 0.243 e. The van der Waals surface area contributed by atoms with Crippen molar-refractivity contribution < 1.29 is 22.3 Å². The second-order valence-electron chi connectivity index (χ2n) is 6.59. The van der Waals surface area contributed by atoms with Crippen molar-refractivity contribution in [3.05, 3.63) is 59.9 Å². The third kappa shape index (κ3) is 4.69. The molecule has 150 valence electrons. The number of piperazine rings is 1. The van der Waals surface area contributed by atoms with Crippen molar-refractivity contribution in [2.24, 2.45) is 0 Å². The highest BCUT2D eigenvalue weighted by Gasteiger charge is 2.29. The Morgan fingerprint density at radius 3 is 2.39 bits per heavy atom. The number of nitrogens with zero attached hydrogens (tertiary/aromatic N) is 2. The highest BCUT2D eigenvalue weighted by atomic mass is 32.2. The summed E-state index contributed by atoms with van der Waals surface area (Å²) in [6.07, 6.45) is 0.960. The molecule has 6 nitrogen and oxygen atoms in total. The van der Waals surface area contributed by atoms with Gasteiger partial charge in [-0.25, -0.2) is 12.8 Å². The van der Waals surface area contributed by atoms with Crippen LogP contribution in [-0.2, 0) is 21.2 Å². The molecule has 1 heterocycles. The van der Waals surface area contributed by atoms with Gasteiger partial charge in [-0.15, -0.1) is 0 Å². The zero-order valence-electron chi connectivity index (χ0n) is 15.7. The Morgan fingerprint density at radius 2 is 1.75 bits per heavy atom. The van der Waals surface area contributed by atoms with Crippen LogP contribution in [0.25, 0.3) is 0 Å². The zero-order chi connectivity index (χ0) is 20.1. The van der Waals surface area contributed by atoms with E-state index in [4.69, 9.17) is 4.74 Å². The molecule has 0 unspecified atom stereocenters. The van der Waals surface area contributed by atoms with Crippen LogP contribution in [0.15, 0.2) is 53.4 Å². The van der Waals surface area contributed by atoms with E-state index in [2.05, 4.69) is 0 Å². The van der Waals surface area contributed by atoms with E-state index in [1.807, 2.05) is 24.3 Å². The molecule has 1 saturated heterocycles. The second-order valence-corrected chi connectivity index (χ2v) is 8.53. The summed E-state index contributed by atoms with van der Waals surface area (Å²) in [7, 11) is -2.08. The van der Waals surface area contributed by atoms with Gasteiger partial charge in [0.1, 0.15) is 11.6 Å². The molecule has 28 heavy (non-hydrogen) atoms. The summed E-state index contributed by atoms with van der Waals surface area (Å²) in [5.74, 6) is 0.275. The van der Waals surface area contributed by atoms with E-state index in [0.717, 1.165) is 23.4 Å². The first-order valence-corrected chi connectivity index (χ1v) is 10.5.